The van der Waals surface area contributed by atoms with Crippen molar-refractivity contribution >= 4 is 0 Å². The van der Waals surface area contributed by atoms with Gasteiger partial charge in [0.05, 0.1) is 6.61 Å². The Bertz CT molecular complexity index is 113. The molecule has 2 N–H and O–H groups in total. The molecule has 2 fully saturated rings. The lowest BCUT2D eigenvalue weighted by Gasteiger charge is -2.42. The lowest BCUT2D eigenvalue weighted by molar-refractivity contribution is 0.135. The summed E-state index contributed by atoms with van der Waals surface area (Å²) in [6.07, 6.45) is 1.17. The molecule has 2 aliphatic rings. The van der Waals surface area contributed by atoms with Crippen molar-refractivity contribution in [3.63, 3.8) is 0 Å². The molecule has 0 radical (unpaired) electrons. The molecule has 0 aromatic carbocycles. The molecule has 2 saturated heterocycles. The molecule has 1 spiro atoms. The average Bonchev–Trinajstić information content (AvgIpc) is 2.08. The van der Waals surface area contributed by atoms with Gasteiger partial charge in [0.1, 0.15) is 0 Å². The van der Waals surface area contributed by atoms with Gasteiger partial charge in [-0.3, -0.25) is 0 Å². The van der Waals surface area contributed by atoms with E-state index in [9.17, 15) is 0 Å². The Hall–Kier alpha value is -0.120. The summed E-state index contributed by atoms with van der Waals surface area (Å²) in [7, 11) is 0. The lowest BCUT2D eigenvalue weighted by Crippen LogP contribution is -2.67. The van der Waals surface area contributed by atoms with Crippen LogP contribution in [0.25, 0.3) is 0 Å². The lowest BCUT2D eigenvalue weighted by atomic mass is 9.89. The first-order chi connectivity index (χ1) is 4.91. The molecule has 0 aliphatic carbocycles. The minimum absolute atomic E-state index is 0.399. The van der Waals surface area contributed by atoms with Gasteiger partial charge >= 0.3 is 0 Å². The Morgan fingerprint density at radius 1 is 1.20 bits per heavy atom. The summed E-state index contributed by atoms with van der Waals surface area (Å²) in [6.45, 7) is 5.06. The number of hydrogen-bond donors (Lipinski definition) is 2. The minimum Gasteiger partial charge on any atom is -0.380 e. The van der Waals surface area contributed by atoms with Crippen molar-refractivity contribution < 1.29 is 4.74 Å². The molecule has 2 heterocycles. The van der Waals surface area contributed by atoms with E-state index in [4.69, 9.17) is 4.74 Å². The van der Waals surface area contributed by atoms with Crippen LogP contribution in [0.5, 0.6) is 0 Å². The molecule has 2 rings (SSSR count). The largest absolute Gasteiger partial charge is 0.380 e. The van der Waals surface area contributed by atoms with Crippen molar-refractivity contribution in [2.75, 3.05) is 32.8 Å². The Morgan fingerprint density at radius 2 is 2.10 bits per heavy atom. The van der Waals surface area contributed by atoms with Crippen LogP contribution in [0.15, 0.2) is 0 Å². The van der Waals surface area contributed by atoms with E-state index in [0.29, 0.717) is 5.54 Å². The molecular formula is C7H14N2O. The second-order valence-corrected chi connectivity index (χ2v) is 3.17. The molecule has 0 unspecified atom stereocenters. The van der Waals surface area contributed by atoms with Gasteiger partial charge in [-0.25, -0.2) is 0 Å². The first-order valence-electron chi connectivity index (χ1n) is 3.95. The Labute approximate surface area is 61.1 Å². The fourth-order valence-electron chi connectivity index (χ4n) is 1.57. The van der Waals surface area contributed by atoms with Crippen molar-refractivity contribution in [1.29, 1.82) is 0 Å². The minimum atomic E-state index is 0.399. The van der Waals surface area contributed by atoms with E-state index in [2.05, 4.69) is 10.6 Å². The van der Waals surface area contributed by atoms with Gasteiger partial charge in [0.2, 0.25) is 0 Å². The third-order valence-electron chi connectivity index (χ3n) is 2.40. The number of nitrogens with one attached hydrogen (secondary N) is 2. The summed E-state index contributed by atoms with van der Waals surface area (Å²) >= 11 is 0. The molecule has 0 aromatic rings. The number of rotatable bonds is 0. The summed E-state index contributed by atoms with van der Waals surface area (Å²) < 4.78 is 5.34. The van der Waals surface area contributed by atoms with Crippen LogP contribution in [0.4, 0.5) is 0 Å². The predicted octanol–water partition coefficient (Wildman–Crippen LogP) is -0.662. The van der Waals surface area contributed by atoms with Gasteiger partial charge < -0.3 is 15.4 Å². The van der Waals surface area contributed by atoms with Gasteiger partial charge in [-0.05, 0) is 6.42 Å². The maximum Gasteiger partial charge on any atom is 0.0591 e. The molecule has 0 aromatic heterocycles. The Morgan fingerprint density at radius 3 is 2.80 bits per heavy atom. The van der Waals surface area contributed by atoms with Crippen molar-refractivity contribution in [1.82, 2.24) is 10.6 Å². The zero-order valence-electron chi connectivity index (χ0n) is 6.15. The monoisotopic (exact) mass is 142 g/mol. The van der Waals surface area contributed by atoms with Crippen molar-refractivity contribution in [3.05, 3.63) is 0 Å². The van der Waals surface area contributed by atoms with Crippen LogP contribution < -0.4 is 10.6 Å². The van der Waals surface area contributed by atoms with Gasteiger partial charge in [-0.2, -0.15) is 0 Å². The van der Waals surface area contributed by atoms with Gasteiger partial charge in [0.25, 0.3) is 0 Å². The molecule has 3 heteroatoms. The summed E-state index contributed by atoms with van der Waals surface area (Å²) in [5, 5.41) is 6.79. The van der Waals surface area contributed by atoms with Crippen LogP contribution in [-0.4, -0.2) is 38.4 Å². The van der Waals surface area contributed by atoms with E-state index < -0.39 is 0 Å². The molecule has 0 bridgehead atoms. The van der Waals surface area contributed by atoms with Crippen LogP contribution in [0.2, 0.25) is 0 Å². The van der Waals surface area contributed by atoms with Crippen molar-refractivity contribution in [2.24, 2.45) is 0 Å². The van der Waals surface area contributed by atoms with E-state index in [0.717, 1.165) is 32.8 Å². The smallest absolute Gasteiger partial charge is 0.0591 e. The zero-order valence-corrected chi connectivity index (χ0v) is 6.15. The molecular weight excluding hydrogens is 128 g/mol. The van der Waals surface area contributed by atoms with Gasteiger partial charge in [0.15, 0.2) is 0 Å². The highest BCUT2D eigenvalue weighted by atomic mass is 16.5. The summed E-state index contributed by atoms with van der Waals surface area (Å²) in [6, 6.07) is 0. The fraction of sp³-hybridized carbons (Fsp3) is 1.00. The predicted molar refractivity (Wildman–Crippen MR) is 39.0 cm³/mol. The first-order valence-corrected chi connectivity index (χ1v) is 3.95. The number of hydrogen-bond acceptors (Lipinski definition) is 3. The van der Waals surface area contributed by atoms with E-state index in [-0.39, 0.29) is 0 Å². The molecule has 0 saturated carbocycles. The van der Waals surface area contributed by atoms with Crippen LogP contribution >= 0.6 is 0 Å². The standard InChI is InChI=1S/C7H14N2O/c1-3-10-4-2-9-7(1)5-8-6-7/h8-9H,1-6H2. The summed E-state index contributed by atoms with van der Waals surface area (Å²) in [4.78, 5) is 0. The molecule has 0 atom stereocenters. The third-order valence-corrected chi connectivity index (χ3v) is 2.40. The fourth-order valence-corrected chi connectivity index (χ4v) is 1.57. The maximum atomic E-state index is 5.34. The average molecular weight is 142 g/mol. The summed E-state index contributed by atoms with van der Waals surface area (Å²) in [5.41, 5.74) is 0.399. The van der Waals surface area contributed by atoms with Gasteiger partial charge in [-0.1, -0.05) is 0 Å². The Kier molecular flexibility index (Phi) is 1.64. The zero-order chi connectivity index (χ0) is 6.86. The van der Waals surface area contributed by atoms with E-state index in [1.165, 1.54) is 6.42 Å². The molecule has 10 heavy (non-hydrogen) atoms. The molecule has 3 nitrogen and oxygen atoms in total. The van der Waals surface area contributed by atoms with Crippen molar-refractivity contribution in [3.8, 4) is 0 Å². The highest BCUT2D eigenvalue weighted by Crippen LogP contribution is 2.16. The van der Waals surface area contributed by atoms with E-state index in [1.807, 2.05) is 0 Å². The highest BCUT2D eigenvalue weighted by molar-refractivity contribution is 5.00. The first kappa shape index (κ1) is 6.58. The SMILES string of the molecule is C1COCCC2(CNC2)N1. The third kappa shape index (κ3) is 1.05. The normalized spacial score (nSPS) is 31.2. The Balaban J connectivity index is 1.92. The topological polar surface area (TPSA) is 33.3 Å². The molecule has 2 aliphatic heterocycles. The second-order valence-electron chi connectivity index (χ2n) is 3.17. The highest BCUT2D eigenvalue weighted by Gasteiger charge is 2.36. The number of ether oxygens (including phenoxy) is 1. The van der Waals surface area contributed by atoms with Gasteiger partial charge in [-0.15, -0.1) is 0 Å². The van der Waals surface area contributed by atoms with Crippen LogP contribution in [0, 0.1) is 0 Å². The van der Waals surface area contributed by atoms with Crippen LogP contribution in [0.3, 0.4) is 0 Å². The van der Waals surface area contributed by atoms with Crippen LogP contribution in [-0.2, 0) is 4.74 Å². The van der Waals surface area contributed by atoms with E-state index in [1.54, 1.807) is 0 Å². The van der Waals surface area contributed by atoms with Crippen LogP contribution in [0.1, 0.15) is 6.42 Å². The van der Waals surface area contributed by atoms with Gasteiger partial charge in [0, 0.05) is 31.8 Å². The van der Waals surface area contributed by atoms with E-state index >= 15 is 0 Å². The molecule has 0 amide bonds. The molecule has 58 valence electrons. The second kappa shape index (κ2) is 2.49. The maximum absolute atomic E-state index is 5.34. The van der Waals surface area contributed by atoms with Crippen molar-refractivity contribution in [2.45, 2.75) is 12.0 Å². The summed E-state index contributed by atoms with van der Waals surface area (Å²) in [5.74, 6) is 0. The quantitative estimate of drug-likeness (QED) is 0.471.